The number of amides is 1. The number of likely N-dealkylation sites (tertiary alicyclic amines) is 1. The predicted octanol–water partition coefficient (Wildman–Crippen LogP) is 4.67. The SMILES string of the molecule is COc1cccc(CN2CCC(C(=O)Nc3ccc(C(C)C)cc3)CC2)c1. The minimum Gasteiger partial charge on any atom is -0.497 e. The van der Waals surface area contributed by atoms with Crippen LogP contribution in [0, 0.1) is 5.92 Å². The monoisotopic (exact) mass is 366 g/mol. The third kappa shape index (κ3) is 5.33. The van der Waals surface area contributed by atoms with Crippen molar-refractivity contribution in [3.63, 3.8) is 0 Å². The topological polar surface area (TPSA) is 41.6 Å². The molecule has 144 valence electrons. The number of hydrogen-bond donors (Lipinski definition) is 1. The summed E-state index contributed by atoms with van der Waals surface area (Å²) in [6.07, 6.45) is 1.81. The zero-order chi connectivity index (χ0) is 19.2. The molecule has 0 atom stereocenters. The van der Waals surface area contributed by atoms with Crippen LogP contribution in [0.15, 0.2) is 48.5 Å². The summed E-state index contributed by atoms with van der Waals surface area (Å²) < 4.78 is 5.30. The second kappa shape index (κ2) is 9.05. The Morgan fingerprint density at radius 2 is 1.85 bits per heavy atom. The third-order valence-electron chi connectivity index (χ3n) is 5.34. The zero-order valence-electron chi connectivity index (χ0n) is 16.6. The van der Waals surface area contributed by atoms with E-state index in [1.54, 1.807) is 7.11 Å². The van der Waals surface area contributed by atoms with E-state index in [4.69, 9.17) is 4.74 Å². The summed E-state index contributed by atoms with van der Waals surface area (Å²) in [5.74, 6) is 1.64. The van der Waals surface area contributed by atoms with E-state index in [0.717, 1.165) is 43.9 Å². The number of carbonyl (C=O) groups excluding carboxylic acids is 1. The van der Waals surface area contributed by atoms with Gasteiger partial charge in [-0.2, -0.15) is 0 Å². The lowest BCUT2D eigenvalue weighted by Gasteiger charge is -2.31. The summed E-state index contributed by atoms with van der Waals surface area (Å²) in [7, 11) is 1.69. The van der Waals surface area contributed by atoms with Gasteiger partial charge in [-0.3, -0.25) is 9.69 Å². The molecule has 0 aromatic heterocycles. The smallest absolute Gasteiger partial charge is 0.227 e. The summed E-state index contributed by atoms with van der Waals surface area (Å²) in [5, 5.41) is 3.08. The average Bonchev–Trinajstić information content (AvgIpc) is 2.69. The van der Waals surface area contributed by atoms with Gasteiger partial charge in [-0.15, -0.1) is 0 Å². The van der Waals surface area contributed by atoms with E-state index < -0.39 is 0 Å². The number of ether oxygens (including phenoxy) is 1. The molecular weight excluding hydrogens is 336 g/mol. The number of piperidine rings is 1. The van der Waals surface area contributed by atoms with Crippen LogP contribution < -0.4 is 10.1 Å². The van der Waals surface area contributed by atoms with Gasteiger partial charge in [-0.05, 0) is 67.2 Å². The Morgan fingerprint density at radius 3 is 2.48 bits per heavy atom. The van der Waals surface area contributed by atoms with Gasteiger partial charge in [-0.1, -0.05) is 38.1 Å². The first kappa shape index (κ1) is 19.4. The molecule has 27 heavy (non-hydrogen) atoms. The van der Waals surface area contributed by atoms with Gasteiger partial charge in [0.2, 0.25) is 5.91 Å². The van der Waals surface area contributed by atoms with E-state index >= 15 is 0 Å². The molecule has 1 N–H and O–H groups in total. The minimum absolute atomic E-state index is 0.0938. The largest absolute Gasteiger partial charge is 0.497 e. The second-order valence-electron chi connectivity index (χ2n) is 7.67. The number of hydrogen-bond acceptors (Lipinski definition) is 3. The highest BCUT2D eigenvalue weighted by Gasteiger charge is 2.25. The van der Waals surface area contributed by atoms with Gasteiger partial charge in [-0.25, -0.2) is 0 Å². The van der Waals surface area contributed by atoms with Gasteiger partial charge in [0.05, 0.1) is 7.11 Å². The van der Waals surface area contributed by atoms with Crippen molar-refractivity contribution in [2.45, 2.75) is 39.2 Å². The van der Waals surface area contributed by atoms with E-state index in [0.29, 0.717) is 5.92 Å². The number of methoxy groups -OCH3 is 1. The Kier molecular flexibility index (Phi) is 6.51. The maximum absolute atomic E-state index is 12.6. The van der Waals surface area contributed by atoms with E-state index in [1.807, 2.05) is 24.3 Å². The summed E-state index contributed by atoms with van der Waals surface area (Å²) >= 11 is 0. The Balaban J connectivity index is 1.48. The highest BCUT2D eigenvalue weighted by molar-refractivity contribution is 5.92. The van der Waals surface area contributed by atoms with Crippen molar-refractivity contribution >= 4 is 11.6 Å². The average molecular weight is 367 g/mol. The van der Waals surface area contributed by atoms with Crippen molar-refractivity contribution in [3.8, 4) is 5.75 Å². The lowest BCUT2D eigenvalue weighted by Crippen LogP contribution is -2.37. The molecule has 0 radical (unpaired) electrons. The molecule has 0 aliphatic carbocycles. The maximum Gasteiger partial charge on any atom is 0.227 e. The van der Waals surface area contributed by atoms with Crippen LogP contribution >= 0.6 is 0 Å². The van der Waals surface area contributed by atoms with Crippen LogP contribution in [0.25, 0.3) is 0 Å². The van der Waals surface area contributed by atoms with Gasteiger partial charge >= 0.3 is 0 Å². The summed E-state index contributed by atoms with van der Waals surface area (Å²) in [6.45, 7) is 7.14. The summed E-state index contributed by atoms with van der Waals surface area (Å²) in [4.78, 5) is 15.0. The molecular formula is C23H30N2O2. The second-order valence-corrected chi connectivity index (χ2v) is 7.67. The highest BCUT2D eigenvalue weighted by atomic mass is 16.5. The molecule has 4 heteroatoms. The van der Waals surface area contributed by atoms with Crippen LogP contribution in [0.1, 0.15) is 43.7 Å². The quantitative estimate of drug-likeness (QED) is 0.808. The molecule has 2 aromatic carbocycles. The van der Waals surface area contributed by atoms with Crippen molar-refractivity contribution in [1.82, 2.24) is 4.90 Å². The minimum atomic E-state index is 0.0938. The lowest BCUT2D eigenvalue weighted by molar-refractivity contribution is -0.121. The van der Waals surface area contributed by atoms with Gasteiger partial charge in [0.25, 0.3) is 0 Å². The lowest BCUT2D eigenvalue weighted by atomic mass is 9.95. The Hall–Kier alpha value is -2.33. The molecule has 1 fully saturated rings. The van der Waals surface area contributed by atoms with Gasteiger partial charge < -0.3 is 10.1 Å². The molecule has 0 saturated carbocycles. The number of benzene rings is 2. The number of anilines is 1. The fourth-order valence-electron chi connectivity index (χ4n) is 3.58. The number of nitrogens with zero attached hydrogens (tertiary/aromatic N) is 1. The van der Waals surface area contributed by atoms with Crippen LogP contribution in [0.5, 0.6) is 5.75 Å². The maximum atomic E-state index is 12.6. The normalized spacial score (nSPS) is 15.7. The van der Waals surface area contributed by atoms with Gasteiger partial charge in [0.1, 0.15) is 5.75 Å². The Morgan fingerprint density at radius 1 is 1.15 bits per heavy atom. The summed E-state index contributed by atoms with van der Waals surface area (Å²) in [5.41, 5.74) is 3.43. The van der Waals surface area contributed by atoms with Crippen LogP contribution in [0.2, 0.25) is 0 Å². The van der Waals surface area contributed by atoms with Gasteiger partial charge in [0, 0.05) is 18.2 Å². The van der Waals surface area contributed by atoms with Crippen molar-refractivity contribution in [3.05, 3.63) is 59.7 Å². The van der Waals surface area contributed by atoms with Crippen LogP contribution in [0.3, 0.4) is 0 Å². The predicted molar refractivity (Wildman–Crippen MR) is 110 cm³/mol. The first-order valence-electron chi connectivity index (χ1n) is 9.81. The molecule has 0 bridgehead atoms. The first-order chi connectivity index (χ1) is 13.0. The molecule has 1 amide bonds. The molecule has 2 aromatic rings. The van der Waals surface area contributed by atoms with E-state index in [-0.39, 0.29) is 11.8 Å². The van der Waals surface area contributed by atoms with E-state index in [2.05, 4.69) is 48.3 Å². The Labute approximate surface area is 162 Å². The third-order valence-corrected chi connectivity index (χ3v) is 5.34. The van der Waals surface area contributed by atoms with Gasteiger partial charge in [0.15, 0.2) is 0 Å². The van der Waals surface area contributed by atoms with Crippen molar-refractivity contribution < 1.29 is 9.53 Å². The van der Waals surface area contributed by atoms with Crippen molar-refractivity contribution in [2.75, 3.05) is 25.5 Å². The fraction of sp³-hybridized carbons (Fsp3) is 0.435. The molecule has 3 rings (SSSR count). The highest BCUT2D eigenvalue weighted by Crippen LogP contribution is 2.23. The first-order valence-corrected chi connectivity index (χ1v) is 9.81. The number of rotatable bonds is 6. The van der Waals surface area contributed by atoms with Crippen LogP contribution in [-0.4, -0.2) is 31.0 Å². The van der Waals surface area contributed by atoms with Crippen molar-refractivity contribution in [1.29, 1.82) is 0 Å². The van der Waals surface area contributed by atoms with Crippen LogP contribution in [-0.2, 0) is 11.3 Å². The number of nitrogens with one attached hydrogen (secondary N) is 1. The molecule has 0 unspecified atom stereocenters. The molecule has 1 aliphatic heterocycles. The molecule has 1 heterocycles. The van der Waals surface area contributed by atoms with E-state index in [9.17, 15) is 4.79 Å². The molecule has 0 spiro atoms. The summed E-state index contributed by atoms with van der Waals surface area (Å²) in [6, 6.07) is 16.4. The van der Waals surface area contributed by atoms with E-state index in [1.165, 1.54) is 11.1 Å². The number of carbonyl (C=O) groups is 1. The van der Waals surface area contributed by atoms with Crippen molar-refractivity contribution in [2.24, 2.45) is 5.92 Å². The molecule has 4 nitrogen and oxygen atoms in total. The zero-order valence-corrected chi connectivity index (χ0v) is 16.6. The standard InChI is InChI=1S/C23H30N2O2/c1-17(2)19-7-9-21(10-8-19)24-23(26)20-11-13-25(14-12-20)16-18-5-4-6-22(15-18)27-3/h4-10,15,17,20H,11-14,16H2,1-3H3,(H,24,26). The molecule has 1 saturated heterocycles. The molecule has 1 aliphatic rings. The Bertz CT molecular complexity index is 747. The van der Waals surface area contributed by atoms with Crippen LogP contribution in [0.4, 0.5) is 5.69 Å². The fourth-order valence-corrected chi connectivity index (χ4v) is 3.58.